The zero-order chi connectivity index (χ0) is 20.8. The van der Waals surface area contributed by atoms with Crippen molar-refractivity contribution in [2.24, 2.45) is 0 Å². The number of hydrogen-bond donors (Lipinski definition) is 1. The maximum Gasteiger partial charge on any atom is 0.206 e. The average molecular weight is 460 g/mol. The third kappa shape index (κ3) is 4.89. The van der Waals surface area contributed by atoms with Crippen LogP contribution >= 0.6 is 34.4 Å². The molecule has 4 aromatic rings. The Balaban J connectivity index is 1.53. The fourth-order valence-electron chi connectivity index (χ4n) is 2.83. The van der Waals surface area contributed by atoms with Gasteiger partial charge in [-0.2, -0.15) is 0 Å². The van der Waals surface area contributed by atoms with Crippen LogP contribution in [-0.2, 0) is 4.74 Å². The number of methoxy groups -OCH3 is 1. The number of fused-ring (bicyclic) bond motifs is 1. The highest BCUT2D eigenvalue weighted by molar-refractivity contribution is 8.01. The molecule has 4 rings (SSSR count). The molecule has 0 unspecified atom stereocenters. The van der Waals surface area contributed by atoms with Gasteiger partial charge in [0.05, 0.1) is 12.5 Å². The number of ether oxygens (including phenoxy) is 2. The van der Waals surface area contributed by atoms with Gasteiger partial charge < -0.3 is 14.8 Å². The SMILES string of the molecule is CCOCCCNc1nnc(Sc2ncnc3scc(-c4ccc(OC)cc4)c23)s1. The van der Waals surface area contributed by atoms with E-state index in [2.05, 4.69) is 43.0 Å². The summed E-state index contributed by atoms with van der Waals surface area (Å²) in [6, 6.07) is 8.03. The minimum absolute atomic E-state index is 0.744. The molecule has 0 spiro atoms. The summed E-state index contributed by atoms with van der Waals surface area (Å²) < 4.78 is 11.5. The molecule has 0 aliphatic carbocycles. The van der Waals surface area contributed by atoms with Gasteiger partial charge in [0.2, 0.25) is 5.13 Å². The summed E-state index contributed by atoms with van der Waals surface area (Å²) in [6.07, 6.45) is 2.54. The molecule has 0 atom stereocenters. The predicted octanol–water partition coefficient (Wildman–Crippen LogP) is 5.21. The molecule has 30 heavy (non-hydrogen) atoms. The number of benzene rings is 1. The number of nitrogens with one attached hydrogen (secondary N) is 1. The minimum atomic E-state index is 0.744. The van der Waals surface area contributed by atoms with Gasteiger partial charge in [-0.05, 0) is 42.8 Å². The fourth-order valence-corrected chi connectivity index (χ4v) is 5.61. The van der Waals surface area contributed by atoms with Gasteiger partial charge in [-0.1, -0.05) is 23.5 Å². The number of anilines is 1. The second-order valence-corrected chi connectivity index (χ2v) is 9.26. The molecule has 0 aliphatic rings. The molecule has 0 aliphatic heterocycles. The largest absolute Gasteiger partial charge is 0.497 e. The second-order valence-electron chi connectivity index (χ2n) is 6.19. The summed E-state index contributed by atoms with van der Waals surface area (Å²) >= 11 is 4.66. The van der Waals surface area contributed by atoms with Crippen molar-refractivity contribution in [3.8, 4) is 16.9 Å². The first-order chi connectivity index (χ1) is 14.8. The first kappa shape index (κ1) is 21.0. The zero-order valence-corrected chi connectivity index (χ0v) is 19.1. The van der Waals surface area contributed by atoms with Gasteiger partial charge in [0.25, 0.3) is 0 Å². The molecule has 156 valence electrons. The van der Waals surface area contributed by atoms with Crippen LogP contribution in [0.5, 0.6) is 5.75 Å². The van der Waals surface area contributed by atoms with Crippen molar-refractivity contribution in [1.29, 1.82) is 0 Å². The molecule has 7 nitrogen and oxygen atoms in total. The zero-order valence-electron chi connectivity index (χ0n) is 16.6. The van der Waals surface area contributed by atoms with E-state index in [-0.39, 0.29) is 0 Å². The molecule has 0 saturated heterocycles. The van der Waals surface area contributed by atoms with E-state index < -0.39 is 0 Å². The van der Waals surface area contributed by atoms with E-state index in [0.29, 0.717) is 0 Å². The van der Waals surface area contributed by atoms with Crippen LogP contribution in [0.15, 0.2) is 45.3 Å². The molecule has 0 fully saturated rings. The highest BCUT2D eigenvalue weighted by Crippen LogP contribution is 2.41. The highest BCUT2D eigenvalue weighted by Gasteiger charge is 2.16. The van der Waals surface area contributed by atoms with E-state index in [4.69, 9.17) is 9.47 Å². The maximum absolute atomic E-state index is 5.35. The van der Waals surface area contributed by atoms with E-state index in [0.717, 1.165) is 67.8 Å². The molecule has 10 heteroatoms. The Kier molecular flexibility index (Phi) is 7.11. The van der Waals surface area contributed by atoms with E-state index in [9.17, 15) is 0 Å². The quantitative estimate of drug-likeness (QED) is 0.256. The predicted molar refractivity (Wildman–Crippen MR) is 123 cm³/mol. The van der Waals surface area contributed by atoms with Gasteiger partial charge in [0, 0.05) is 30.7 Å². The Hall–Kier alpha value is -2.27. The Labute approximate surface area is 186 Å². The van der Waals surface area contributed by atoms with Crippen molar-refractivity contribution < 1.29 is 9.47 Å². The summed E-state index contributed by atoms with van der Waals surface area (Å²) in [5.41, 5.74) is 2.21. The van der Waals surface area contributed by atoms with Crippen molar-refractivity contribution in [2.75, 3.05) is 32.2 Å². The second kappa shape index (κ2) is 10.2. The van der Waals surface area contributed by atoms with Gasteiger partial charge in [0.1, 0.15) is 21.9 Å². The number of nitrogens with zero attached hydrogens (tertiary/aromatic N) is 4. The van der Waals surface area contributed by atoms with E-state index in [1.807, 2.05) is 19.1 Å². The topological polar surface area (TPSA) is 82.0 Å². The molecule has 3 heterocycles. The van der Waals surface area contributed by atoms with Crippen molar-refractivity contribution in [2.45, 2.75) is 22.7 Å². The lowest BCUT2D eigenvalue weighted by Crippen LogP contribution is -2.05. The molecule has 1 N–H and O–H groups in total. The molecule has 0 bridgehead atoms. The van der Waals surface area contributed by atoms with Crippen molar-refractivity contribution in [3.63, 3.8) is 0 Å². The first-order valence-corrected chi connectivity index (χ1v) is 12.0. The summed E-state index contributed by atoms with van der Waals surface area (Å²) in [5.74, 6) is 0.833. The Bertz CT molecular complexity index is 1100. The Morgan fingerprint density at radius 1 is 1.13 bits per heavy atom. The molecule has 0 saturated carbocycles. The molecular weight excluding hydrogens is 438 g/mol. The molecule has 0 amide bonds. The third-order valence-electron chi connectivity index (χ3n) is 4.27. The van der Waals surface area contributed by atoms with Gasteiger partial charge in [-0.3, -0.25) is 0 Å². The van der Waals surface area contributed by atoms with Crippen molar-refractivity contribution >= 4 is 49.8 Å². The highest BCUT2D eigenvalue weighted by atomic mass is 32.2. The fraction of sp³-hybridized carbons (Fsp3) is 0.300. The van der Waals surface area contributed by atoms with E-state index >= 15 is 0 Å². The third-order valence-corrected chi connectivity index (χ3v) is 7.09. The average Bonchev–Trinajstić information content (AvgIpc) is 3.41. The summed E-state index contributed by atoms with van der Waals surface area (Å²) in [6.45, 7) is 4.30. The lowest BCUT2D eigenvalue weighted by atomic mass is 10.1. The van der Waals surface area contributed by atoms with Crippen molar-refractivity contribution in [1.82, 2.24) is 20.2 Å². The van der Waals surface area contributed by atoms with Crippen LogP contribution < -0.4 is 10.1 Å². The molecule has 0 radical (unpaired) electrons. The van der Waals surface area contributed by atoms with Gasteiger partial charge in [-0.15, -0.1) is 21.5 Å². The molecule has 3 aromatic heterocycles. The summed E-state index contributed by atoms with van der Waals surface area (Å²) in [7, 11) is 1.67. The van der Waals surface area contributed by atoms with Crippen LogP contribution in [0.4, 0.5) is 5.13 Å². The van der Waals surface area contributed by atoms with Crippen LogP contribution in [0.1, 0.15) is 13.3 Å². The number of aromatic nitrogens is 4. The first-order valence-electron chi connectivity index (χ1n) is 9.48. The van der Waals surface area contributed by atoms with Crippen LogP contribution in [0.3, 0.4) is 0 Å². The van der Waals surface area contributed by atoms with E-state index in [1.165, 1.54) is 23.1 Å². The lowest BCUT2D eigenvalue weighted by Gasteiger charge is -2.05. The number of rotatable bonds is 10. The molecular formula is C20H21N5O2S3. The van der Waals surface area contributed by atoms with Crippen LogP contribution in [0.25, 0.3) is 21.3 Å². The summed E-state index contributed by atoms with van der Waals surface area (Å²) in [5, 5.41) is 16.7. The standard InChI is InChI=1S/C20H21N5O2S3/c1-3-27-10-4-9-21-19-24-25-20(30-19)29-18-16-15(11-28-17(16)22-12-23-18)13-5-7-14(26-2)8-6-13/h5-8,11-12H,3-4,9-10H2,1-2H3,(H,21,24). The van der Waals surface area contributed by atoms with Crippen LogP contribution in [0.2, 0.25) is 0 Å². The van der Waals surface area contributed by atoms with Crippen LogP contribution in [-0.4, -0.2) is 47.0 Å². The van der Waals surface area contributed by atoms with E-state index in [1.54, 1.807) is 24.8 Å². The van der Waals surface area contributed by atoms with Gasteiger partial charge in [-0.25, -0.2) is 9.97 Å². The normalized spacial score (nSPS) is 11.1. The number of thiophene rings is 1. The smallest absolute Gasteiger partial charge is 0.206 e. The minimum Gasteiger partial charge on any atom is -0.497 e. The Morgan fingerprint density at radius 2 is 2.00 bits per heavy atom. The Morgan fingerprint density at radius 3 is 2.80 bits per heavy atom. The summed E-state index contributed by atoms with van der Waals surface area (Å²) in [4.78, 5) is 9.94. The van der Waals surface area contributed by atoms with Gasteiger partial charge in [0.15, 0.2) is 4.34 Å². The van der Waals surface area contributed by atoms with Crippen molar-refractivity contribution in [3.05, 3.63) is 36.0 Å². The lowest BCUT2D eigenvalue weighted by molar-refractivity contribution is 0.147. The van der Waals surface area contributed by atoms with Crippen LogP contribution in [0, 0.1) is 0 Å². The molecule has 1 aromatic carbocycles. The maximum atomic E-state index is 5.35. The monoisotopic (exact) mass is 459 g/mol. The number of hydrogen-bond acceptors (Lipinski definition) is 10. The van der Waals surface area contributed by atoms with Gasteiger partial charge >= 0.3 is 0 Å².